The van der Waals surface area contributed by atoms with Crippen LogP contribution in [0.3, 0.4) is 0 Å². The smallest absolute Gasteiger partial charge is 0.160 e. The molecule has 0 radical (unpaired) electrons. The quantitative estimate of drug-likeness (QED) is 0.266. The van der Waals surface area contributed by atoms with Gasteiger partial charge in [0.05, 0.1) is 0 Å². The fourth-order valence-corrected chi connectivity index (χ4v) is 4.87. The standard InChI is InChI=1S/C30H28N6/c1-19-32-29-25(16-28(31)35-30(29)33-19)27-15-24-14-21(10-13-26(24)34-27)18-36(2)17-20-8-11-23(12-9-20)22-6-4-3-5-7-22/h3-16,34H,17-18H2,1-2H3,(H3,31,32,33,35). The van der Waals surface area contributed by atoms with Crippen LogP contribution in [0.25, 0.3) is 44.5 Å². The molecule has 6 rings (SSSR count). The van der Waals surface area contributed by atoms with Gasteiger partial charge in [-0.05, 0) is 60.5 Å². The highest BCUT2D eigenvalue weighted by Gasteiger charge is 2.13. The molecule has 178 valence electrons. The number of nitrogens with two attached hydrogens (primary N) is 1. The van der Waals surface area contributed by atoms with E-state index in [1.165, 1.54) is 27.6 Å². The molecule has 3 heterocycles. The molecule has 0 spiro atoms. The van der Waals surface area contributed by atoms with Crippen LogP contribution >= 0.6 is 0 Å². The van der Waals surface area contributed by atoms with Crippen molar-refractivity contribution < 1.29 is 0 Å². The lowest BCUT2D eigenvalue weighted by Gasteiger charge is -2.17. The summed E-state index contributed by atoms with van der Waals surface area (Å²) in [5.41, 5.74) is 15.7. The number of hydrogen-bond donors (Lipinski definition) is 3. The summed E-state index contributed by atoms with van der Waals surface area (Å²) in [5, 5.41) is 1.17. The summed E-state index contributed by atoms with van der Waals surface area (Å²) in [6.07, 6.45) is 0. The monoisotopic (exact) mass is 472 g/mol. The molecule has 6 nitrogen and oxygen atoms in total. The highest BCUT2D eigenvalue weighted by Crippen LogP contribution is 2.31. The fraction of sp³-hybridized carbons (Fsp3) is 0.133. The Bertz CT molecular complexity index is 1660. The number of H-pyrrole nitrogens is 2. The van der Waals surface area contributed by atoms with Gasteiger partial charge in [0.25, 0.3) is 0 Å². The van der Waals surface area contributed by atoms with Crippen LogP contribution in [0.5, 0.6) is 0 Å². The number of nitrogens with zero attached hydrogens (tertiary/aromatic N) is 3. The van der Waals surface area contributed by atoms with E-state index in [2.05, 4.69) is 105 Å². The van der Waals surface area contributed by atoms with Gasteiger partial charge in [-0.25, -0.2) is 9.97 Å². The predicted octanol–water partition coefficient (Wildman–Crippen LogP) is 6.30. The van der Waals surface area contributed by atoms with Crippen molar-refractivity contribution in [2.75, 3.05) is 12.8 Å². The van der Waals surface area contributed by atoms with Gasteiger partial charge in [-0.2, -0.15) is 0 Å². The SMILES string of the molecule is Cc1nc2c(-c3cc4cc(CN(C)Cc5ccc(-c6ccccc6)cc5)ccc4[nH]3)cc(N)nc2[nH]1. The van der Waals surface area contributed by atoms with Crippen molar-refractivity contribution in [3.63, 3.8) is 0 Å². The van der Waals surface area contributed by atoms with E-state index in [1.807, 2.05) is 19.1 Å². The third-order valence-corrected chi connectivity index (χ3v) is 6.53. The molecule has 0 saturated carbocycles. The van der Waals surface area contributed by atoms with E-state index in [-0.39, 0.29) is 0 Å². The number of benzene rings is 3. The number of hydrogen-bond acceptors (Lipinski definition) is 4. The Balaban J connectivity index is 1.20. The number of fused-ring (bicyclic) bond motifs is 2. The molecule has 3 aromatic heterocycles. The fourth-order valence-electron chi connectivity index (χ4n) is 4.87. The van der Waals surface area contributed by atoms with Gasteiger partial charge in [0.2, 0.25) is 0 Å². The van der Waals surface area contributed by atoms with Gasteiger partial charge in [0.1, 0.15) is 17.2 Å². The number of pyridine rings is 1. The van der Waals surface area contributed by atoms with Crippen LogP contribution < -0.4 is 5.73 Å². The molecule has 4 N–H and O–H groups in total. The average molecular weight is 473 g/mol. The molecule has 6 heteroatoms. The van der Waals surface area contributed by atoms with Gasteiger partial charge >= 0.3 is 0 Å². The summed E-state index contributed by atoms with van der Waals surface area (Å²) in [4.78, 5) is 18.0. The lowest BCUT2D eigenvalue weighted by Crippen LogP contribution is -2.17. The first-order valence-corrected chi connectivity index (χ1v) is 12.1. The van der Waals surface area contributed by atoms with Crippen LogP contribution in [0.15, 0.2) is 84.9 Å². The molecule has 0 fully saturated rings. The average Bonchev–Trinajstić information content (AvgIpc) is 3.46. The lowest BCUT2D eigenvalue weighted by atomic mass is 10.0. The van der Waals surface area contributed by atoms with Crippen LogP contribution in [0, 0.1) is 6.92 Å². The van der Waals surface area contributed by atoms with Crippen LogP contribution in [0.4, 0.5) is 5.82 Å². The molecule has 36 heavy (non-hydrogen) atoms. The highest BCUT2D eigenvalue weighted by molar-refractivity contribution is 5.95. The second-order valence-corrected chi connectivity index (χ2v) is 9.45. The van der Waals surface area contributed by atoms with Crippen LogP contribution in [-0.2, 0) is 13.1 Å². The summed E-state index contributed by atoms with van der Waals surface area (Å²) in [6.45, 7) is 3.67. The van der Waals surface area contributed by atoms with Crippen molar-refractivity contribution >= 4 is 27.9 Å². The molecule has 6 aromatic rings. The van der Waals surface area contributed by atoms with E-state index in [0.29, 0.717) is 11.5 Å². The number of aromatic amines is 2. The Morgan fingerprint density at radius 1 is 0.778 bits per heavy atom. The van der Waals surface area contributed by atoms with E-state index in [1.54, 1.807) is 0 Å². The first-order valence-electron chi connectivity index (χ1n) is 12.1. The van der Waals surface area contributed by atoms with Gasteiger partial charge in [0, 0.05) is 35.2 Å². The van der Waals surface area contributed by atoms with Crippen LogP contribution in [0.2, 0.25) is 0 Å². The lowest BCUT2D eigenvalue weighted by molar-refractivity contribution is 0.319. The molecule has 0 saturated heterocycles. The van der Waals surface area contributed by atoms with E-state index in [9.17, 15) is 0 Å². The van der Waals surface area contributed by atoms with Crippen LogP contribution in [0.1, 0.15) is 17.0 Å². The van der Waals surface area contributed by atoms with Gasteiger partial charge in [-0.1, -0.05) is 60.7 Å². The summed E-state index contributed by atoms with van der Waals surface area (Å²) in [5.74, 6) is 1.29. The Morgan fingerprint density at radius 2 is 1.50 bits per heavy atom. The number of nitrogen functional groups attached to an aromatic ring is 1. The molecule has 0 aliphatic carbocycles. The summed E-state index contributed by atoms with van der Waals surface area (Å²) < 4.78 is 0. The number of imidazole rings is 1. The van der Waals surface area contributed by atoms with Gasteiger partial charge in [-0.15, -0.1) is 0 Å². The minimum atomic E-state index is 0.471. The van der Waals surface area contributed by atoms with E-state index in [4.69, 9.17) is 5.73 Å². The van der Waals surface area contributed by atoms with Crippen molar-refractivity contribution in [2.45, 2.75) is 20.0 Å². The maximum Gasteiger partial charge on any atom is 0.160 e. The number of aromatic nitrogens is 4. The minimum Gasteiger partial charge on any atom is -0.384 e. The zero-order valence-corrected chi connectivity index (χ0v) is 20.4. The highest BCUT2D eigenvalue weighted by atomic mass is 15.1. The normalized spacial score (nSPS) is 11.6. The molecular weight excluding hydrogens is 444 g/mol. The Hall–Kier alpha value is -4.42. The second kappa shape index (κ2) is 8.98. The first-order chi connectivity index (χ1) is 17.5. The Morgan fingerprint density at radius 3 is 2.31 bits per heavy atom. The van der Waals surface area contributed by atoms with Crippen molar-refractivity contribution in [1.82, 2.24) is 24.8 Å². The summed E-state index contributed by atoms with van der Waals surface area (Å²) in [6, 6.07) is 30.0. The van der Waals surface area contributed by atoms with E-state index < -0.39 is 0 Å². The zero-order valence-electron chi connectivity index (χ0n) is 20.4. The molecule has 0 aliphatic heterocycles. The maximum absolute atomic E-state index is 6.07. The van der Waals surface area contributed by atoms with Crippen molar-refractivity contribution in [1.29, 1.82) is 0 Å². The molecule has 3 aromatic carbocycles. The number of aryl methyl sites for hydroxylation is 1. The van der Waals surface area contributed by atoms with E-state index >= 15 is 0 Å². The molecule has 0 bridgehead atoms. The zero-order chi connectivity index (χ0) is 24.6. The maximum atomic E-state index is 6.07. The van der Waals surface area contributed by atoms with Crippen molar-refractivity contribution in [3.8, 4) is 22.4 Å². The molecule has 0 unspecified atom stereocenters. The minimum absolute atomic E-state index is 0.471. The van der Waals surface area contributed by atoms with Gasteiger partial charge in [-0.3, -0.25) is 4.90 Å². The van der Waals surface area contributed by atoms with Gasteiger partial charge in [0.15, 0.2) is 5.65 Å². The molecule has 0 aliphatic rings. The Kier molecular flexibility index (Phi) is 5.51. The summed E-state index contributed by atoms with van der Waals surface area (Å²) in [7, 11) is 2.16. The van der Waals surface area contributed by atoms with Crippen molar-refractivity contribution in [3.05, 3.63) is 102 Å². The molecule has 0 atom stereocenters. The number of rotatable bonds is 6. The third kappa shape index (κ3) is 4.34. The molecular formula is C30H28N6. The summed E-state index contributed by atoms with van der Waals surface area (Å²) >= 11 is 0. The Labute approximate surface area is 209 Å². The van der Waals surface area contributed by atoms with E-state index in [0.717, 1.165) is 41.2 Å². The number of anilines is 1. The molecule has 0 amide bonds. The van der Waals surface area contributed by atoms with Gasteiger partial charge < -0.3 is 15.7 Å². The van der Waals surface area contributed by atoms with Crippen LogP contribution in [-0.4, -0.2) is 31.9 Å². The predicted molar refractivity (Wildman–Crippen MR) is 147 cm³/mol. The number of nitrogens with one attached hydrogen (secondary N) is 2. The second-order valence-electron chi connectivity index (χ2n) is 9.45. The topological polar surface area (TPSA) is 86.6 Å². The first kappa shape index (κ1) is 22.1. The van der Waals surface area contributed by atoms with Crippen molar-refractivity contribution in [2.24, 2.45) is 0 Å². The third-order valence-electron chi connectivity index (χ3n) is 6.53. The largest absolute Gasteiger partial charge is 0.384 e.